The van der Waals surface area contributed by atoms with Crippen LogP contribution in [-0.4, -0.2) is 105 Å². The lowest BCUT2D eigenvalue weighted by Gasteiger charge is -2.35. The van der Waals surface area contributed by atoms with E-state index in [1.54, 1.807) is 12.0 Å². The second-order valence-electron chi connectivity index (χ2n) is 17.0. The van der Waals surface area contributed by atoms with Gasteiger partial charge in [0, 0.05) is 59.9 Å². The molecule has 15 nitrogen and oxygen atoms in total. The van der Waals surface area contributed by atoms with E-state index in [4.69, 9.17) is 24.2 Å². The molecule has 3 heterocycles. The minimum Gasteiger partial charge on any atom is -0.497 e. The molecule has 6 atom stereocenters. The predicted molar refractivity (Wildman–Crippen MR) is 223 cm³/mol. The van der Waals surface area contributed by atoms with Crippen LogP contribution in [0.1, 0.15) is 79.6 Å². The Balaban J connectivity index is 1.31. The van der Waals surface area contributed by atoms with Gasteiger partial charge in [0.2, 0.25) is 19.2 Å². The standard InChI is InChI=1S/C41H57N6O9PS/c1-8-25-21-41(25,57(52,53)16-15-48)46-35(49)18-26-17-29(22-47(26)37(50)36(40(4,5)6)45-39(51)56-27-11-9-10-12-27)55-34-20-32(33-23-58-38(44-33)42-24(2)3)43-31-19-28(54-7)13-14-30(31)34/h8,13-14,19-20,23-27,29,36,48H,1,9-12,15-18,21-22H2,2-7H3,(H,42,44)(H,45,51)(H,46,49)(H,52,53)/t25-,26?,29-,36-,41+/m1/s1. The summed E-state index contributed by atoms with van der Waals surface area (Å²) in [4.78, 5) is 64.0. The van der Waals surface area contributed by atoms with E-state index < -0.39 is 66.7 Å². The highest BCUT2D eigenvalue weighted by Crippen LogP contribution is 2.69. The lowest BCUT2D eigenvalue weighted by molar-refractivity contribution is -0.138. The number of nitrogens with one attached hydrogen (secondary N) is 3. The minimum atomic E-state index is -4.02. The molecule has 58 heavy (non-hydrogen) atoms. The monoisotopic (exact) mass is 840 g/mol. The molecule has 1 aliphatic heterocycles. The average molecular weight is 841 g/mol. The fourth-order valence-electron chi connectivity index (χ4n) is 7.99. The van der Waals surface area contributed by atoms with Crippen LogP contribution in [-0.2, 0) is 18.9 Å². The van der Waals surface area contributed by atoms with Gasteiger partial charge in [0.1, 0.15) is 40.7 Å². The Bertz CT molecular complexity index is 2050. The second-order valence-corrected chi connectivity index (χ2v) is 20.5. The van der Waals surface area contributed by atoms with Gasteiger partial charge in [-0.15, -0.1) is 17.9 Å². The number of nitrogens with zero attached hydrogens (tertiary/aromatic N) is 3. The Kier molecular flexibility index (Phi) is 13.1. The van der Waals surface area contributed by atoms with Crippen molar-refractivity contribution in [3.05, 3.63) is 42.3 Å². The number of aromatic nitrogens is 2. The largest absolute Gasteiger partial charge is 0.497 e. The summed E-state index contributed by atoms with van der Waals surface area (Å²) in [5, 5.41) is 20.5. The fraction of sp³-hybridized carbons (Fsp3) is 0.585. The zero-order chi connectivity index (χ0) is 42.0. The zero-order valence-corrected chi connectivity index (χ0v) is 35.9. The molecule has 3 amide bonds. The number of likely N-dealkylation sites (tertiary alicyclic amines) is 1. The molecule has 2 aliphatic carbocycles. The Morgan fingerprint density at radius 3 is 2.52 bits per heavy atom. The smallest absolute Gasteiger partial charge is 0.408 e. The van der Waals surface area contributed by atoms with E-state index in [1.165, 1.54) is 17.4 Å². The average Bonchev–Trinajstić information content (AvgIpc) is 3.53. The van der Waals surface area contributed by atoms with Gasteiger partial charge in [0.15, 0.2) is 5.13 Å². The number of carbonyl (C=O) groups is 3. The highest BCUT2D eigenvalue weighted by Gasteiger charge is 2.65. The van der Waals surface area contributed by atoms with Crippen molar-refractivity contribution in [3.8, 4) is 22.9 Å². The molecule has 2 saturated carbocycles. The van der Waals surface area contributed by atoms with Gasteiger partial charge in [0.05, 0.1) is 31.5 Å². The number of alkyl carbamates (subject to hydrolysis) is 1. The van der Waals surface area contributed by atoms with E-state index in [2.05, 4.69) is 22.5 Å². The SMILES string of the molecule is C=C[C@@H]1C[C@]1(NC(=O)CC1C[C@@H](Oc2cc(-c3csc(NC(C)C)n3)nc3cc(OC)ccc23)CN1C(=O)[C@@H](NC(=O)OC1CCCC1)C(C)(C)C)P(=O)(O)CCO. The van der Waals surface area contributed by atoms with Crippen molar-refractivity contribution in [3.63, 3.8) is 0 Å². The van der Waals surface area contributed by atoms with Crippen molar-refractivity contribution < 1.29 is 43.2 Å². The summed E-state index contributed by atoms with van der Waals surface area (Å²) in [5.74, 6) is -0.273. The minimum absolute atomic E-state index is 0.0839. The molecule has 1 saturated heterocycles. The van der Waals surface area contributed by atoms with E-state index in [9.17, 15) is 28.9 Å². The van der Waals surface area contributed by atoms with E-state index in [-0.39, 0.29) is 44.1 Å². The van der Waals surface area contributed by atoms with Gasteiger partial charge in [-0.1, -0.05) is 26.8 Å². The number of rotatable bonds is 16. The van der Waals surface area contributed by atoms with E-state index in [0.717, 1.165) is 30.8 Å². The first-order valence-corrected chi connectivity index (χ1v) is 22.7. The van der Waals surface area contributed by atoms with E-state index in [1.807, 2.05) is 64.3 Å². The van der Waals surface area contributed by atoms with Gasteiger partial charge >= 0.3 is 6.09 Å². The molecule has 2 aromatic heterocycles. The van der Waals surface area contributed by atoms with Crippen molar-refractivity contribution in [2.45, 2.75) is 115 Å². The Morgan fingerprint density at radius 1 is 1.14 bits per heavy atom. The molecular formula is C41H57N6O9PS. The van der Waals surface area contributed by atoms with Gasteiger partial charge in [-0.2, -0.15) is 0 Å². The van der Waals surface area contributed by atoms with Crippen LogP contribution in [0.2, 0.25) is 0 Å². The molecule has 1 aromatic carbocycles. The molecule has 3 aliphatic rings. The maximum Gasteiger partial charge on any atom is 0.408 e. The first-order valence-electron chi connectivity index (χ1n) is 20.0. The zero-order valence-electron chi connectivity index (χ0n) is 34.2. The number of benzene rings is 1. The molecule has 17 heteroatoms. The quantitative estimate of drug-likeness (QED) is 0.0799. The number of pyridine rings is 1. The van der Waals surface area contributed by atoms with Crippen LogP contribution in [0.25, 0.3) is 22.3 Å². The molecule has 0 bridgehead atoms. The third-order valence-corrected chi connectivity index (χ3v) is 14.6. The number of aliphatic hydroxyl groups excluding tert-OH is 1. The maximum absolute atomic E-state index is 14.7. The van der Waals surface area contributed by atoms with Gasteiger partial charge in [-0.05, 0) is 63.5 Å². The first-order chi connectivity index (χ1) is 27.5. The molecule has 2 unspecified atom stereocenters. The van der Waals surface area contributed by atoms with Crippen molar-refractivity contribution in [1.29, 1.82) is 0 Å². The molecule has 0 spiro atoms. The number of aliphatic hydroxyl groups is 1. The Hall–Kier alpha value is -4.24. The Morgan fingerprint density at radius 2 is 1.88 bits per heavy atom. The summed E-state index contributed by atoms with van der Waals surface area (Å²) in [6.07, 6.45) is 3.42. The number of fused-ring (bicyclic) bond motifs is 1. The third-order valence-electron chi connectivity index (χ3n) is 11.1. The maximum atomic E-state index is 14.7. The number of methoxy groups -OCH3 is 1. The third kappa shape index (κ3) is 9.62. The summed E-state index contributed by atoms with van der Waals surface area (Å²) < 4.78 is 31.4. The van der Waals surface area contributed by atoms with Crippen LogP contribution < -0.4 is 25.4 Å². The first kappa shape index (κ1) is 43.3. The fourth-order valence-corrected chi connectivity index (χ4v) is 10.9. The molecular weight excluding hydrogens is 784 g/mol. The normalized spacial score (nSPS) is 23.6. The number of carbonyl (C=O) groups excluding carboxylic acids is 3. The number of ether oxygens (including phenoxy) is 3. The highest BCUT2D eigenvalue weighted by atomic mass is 32.1. The summed E-state index contributed by atoms with van der Waals surface area (Å²) >= 11 is 1.47. The summed E-state index contributed by atoms with van der Waals surface area (Å²) in [6.45, 7) is 13.0. The topological polar surface area (TPSA) is 202 Å². The Labute approximate surface area is 343 Å². The van der Waals surface area contributed by atoms with Crippen LogP contribution >= 0.6 is 18.7 Å². The van der Waals surface area contributed by atoms with Crippen LogP contribution in [0, 0.1) is 11.3 Å². The predicted octanol–water partition coefficient (Wildman–Crippen LogP) is 6.29. The summed E-state index contributed by atoms with van der Waals surface area (Å²) in [7, 11) is -2.44. The molecule has 316 valence electrons. The van der Waals surface area contributed by atoms with Crippen molar-refractivity contribution >= 4 is 52.6 Å². The molecule has 3 fully saturated rings. The van der Waals surface area contributed by atoms with E-state index in [0.29, 0.717) is 33.8 Å². The lowest BCUT2D eigenvalue weighted by atomic mass is 9.85. The van der Waals surface area contributed by atoms with Crippen molar-refractivity contribution in [2.24, 2.45) is 11.3 Å². The second kappa shape index (κ2) is 17.5. The molecule has 5 N–H and O–H groups in total. The summed E-state index contributed by atoms with van der Waals surface area (Å²) in [6, 6.07) is 5.77. The van der Waals surface area contributed by atoms with Gasteiger partial charge in [-0.3, -0.25) is 14.2 Å². The number of anilines is 1. The van der Waals surface area contributed by atoms with Crippen LogP contribution in [0.5, 0.6) is 11.5 Å². The van der Waals surface area contributed by atoms with Crippen LogP contribution in [0.4, 0.5) is 9.93 Å². The van der Waals surface area contributed by atoms with Crippen LogP contribution in [0.3, 0.4) is 0 Å². The number of thiazole rings is 1. The molecule has 0 radical (unpaired) electrons. The van der Waals surface area contributed by atoms with Gasteiger partial charge in [-0.25, -0.2) is 14.8 Å². The van der Waals surface area contributed by atoms with Gasteiger partial charge < -0.3 is 45.1 Å². The number of hydrogen-bond donors (Lipinski definition) is 5. The van der Waals surface area contributed by atoms with E-state index >= 15 is 0 Å². The number of hydrogen-bond acceptors (Lipinski definition) is 12. The molecule has 3 aromatic rings. The van der Waals surface area contributed by atoms with Crippen LogP contribution in [0.15, 0.2) is 42.3 Å². The summed E-state index contributed by atoms with van der Waals surface area (Å²) in [5.41, 5.74) is 1.09. The highest BCUT2D eigenvalue weighted by molar-refractivity contribution is 7.60. The lowest BCUT2D eigenvalue weighted by Crippen LogP contribution is -2.56. The van der Waals surface area contributed by atoms with Crippen molar-refractivity contribution in [1.82, 2.24) is 25.5 Å². The van der Waals surface area contributed by atoms with Crippen molar-refractivity contribution in [2.75, 3.05) is 31.7 Å². The van der Waals surface area contributed by atoms with Gasteiger partial charge in [0.25, 0.3) is 0 Å². The number of amides is 3. The molecule has 6 rings (SSSR count).